The highest BCUT2D eigenvalue weighted by molar-refractivity contribution is 5.97. The molecule has 0 unspecified atom stereocenters. The fourth-order valence-corrected chi connectivity index (χ4v) is 3.03. The van der Waals surface area contributed by atoms with Crippen LogP contribution in [0.1, 0.15) is 35.7 Å². The number of benzene rings is 3. The first-order valence-electron chi connectivity index (χ1n) is 9.58. The molecule has 0 aliphatic carbocycles. The largest absolute Gasteiger partial charge is 0.497 e. The molecule has 0 aliphatic heterocycles. The third-order valence-electron chi connectivity index (χ3n) is 4.83. The van der Waals surface area contributed by atoms with Gasteiger partial charge in [0.15, 0.2) is 12.4 Å². The van der Waals surface area contributed by atoms with E-state index in [4.69, 9.17) is 9.47 Å². The maximum atomic E-state index is 12.6. The molecule has 6 heteroatoms. The van der Waals surface area contributed by atoms with Gasteiger partial charge in [0.25, 0.3) is 5.69 Å². The molecule has 3 rings (SSSR count). The molecule has 6 nitrogen and oxygen atoms in total. The maximum Gasteiger partial charge on any atom is 0.270 e. The van der Waals surface area contributed by atoms with E-state index < -0.39 is 4.92 Å². The Balaban J connectivity index is 1.83. The van der Waals surface area contributed by atoms with Crippen LogP contribution in [-0.4, -0.2) is 24.4 Å². The van der Waals surface area contributed by atoms with Crippen LogP contribution in [0.25, 0.3) is 11.1 Å². The lowest BCUT2D eigenvalue weighted by Gasteiger charge is -2.12. The summed E-state index contributed by atoms with van der Waals surface area (Å²) >= 11 is 0. The van der Waals surface area contributed by atoms with E-state index in [-0.39, 0.29) is 18.1 Å². The van der Waals surface area contributed by atoms with E-state index in [1.807, 2.05) is 12.1 Å². The summed E-state index contributed by atoms with van der Waals surface area (Å²) in [5.74, 6) is 1.30. The van der Waals surface area contributed by atoms with Crippen LogP contribution < -0.4 is 9.47 Å². The number of methoxy groups -OCH3 is 1. The smallest absolute Gasteiger partial charge is 0.270 e. The molecule has 154 valence electrons. The molecule has 0 heterocycles. The van der Waals surface area contributed by atoms with E-state index in [9.17, 15) is 14.9 Å². The molecule has 3 aromatic rings. The van der Waals surface area contributed by atoms with Crippen molar-refractivity contribution in [1.29, 1.82) is 0 Å². The Labute approximate surface area is 175 Å². The van der Waals surface area contributed by atoms with Crippen LogP contribution in [0.3, 0.4) is 0 Å². The Bertz CT molecular complexity index is 1040. The van der Waals surface area contributed by atoms with Gasteiger partial charge in [-0.2, -0.15) is 0 Å². The van der Waals surface area contributed by atoms with Gasteiger partial charge in [0.05, 0.1) is 12.0 Å². The molecular formula is C24H23NO5. The van der Waals surface area contributed by atoms with Gasteiger partial charge in [-0.3, -0.25) is 14.9 Å². The summed E-state index contributed by atoms with van der Waals surface area (Å²) < 4.78 is 10.9. The average molecular weight is 405 g/mol. The maximum absolute atomic E-state index is 12.6. The summed E-state index contributed by atoms with van der Waals surface area (Å²) in [4.78, 5) is 23.3. The molecule has 0 saturated carbocycles. The Hall–Kier alpha value is -3.67. The lowest BCUT2D eigenvalue weighted by Crippen LogP contribution is -2.12. The zero-order valence-electron chi connectivity index (χ0n) is 17.1. The molecule has 0 amide bonds. The SMILES string of the molecule is COc1ccc(-c2cc([N+](=O)[O-])ccc2OCC(=O)c2ccc(C(C)C)cc2)cc1. The van der Waals surface area contributed by atoms with E-state index in [0.717, 1.165) is 11.1 Å². The Morgan fingerprint density at radius 3 is 2.23 bits per heavy atom. The minimum Gasteiger partial charge on any atom is -0.497 e. The third-order valence-corrected chi connectivity index (χ3v) is 4.83. The topological polar surface area (TPSA) is 78.7 Å². The van der Waals surface area contributed by atoms with E-state index in [1.165, 1.54) is 18.2 Å². The molecule has 3 aromatic carbocycles. The monoisotopic (exact) mass is 405 g/mol. The number of Topliss-reactive ketones (excluding diaryl/α,β-unsaturated/α-hetero) is 1. The molecule has 0 fully saturated rings. The second-order valence-electron chi connectivity index (χ2n) is 7.15. The Morgan fingerprint density at radius 2 is 1.67 bits per heavy atom. The molecule has 0 radical (unpaired) electrons. The van der Waals surface area contributed by atoms with E-state index in [2.05, 4.69) is 13.8 Å². The van der Waals surface area contributed by atoms with Crippen molar-refractivity contribution in [3.05, 3.63) is 88.0 Å². The first-order chi connectivity index (χ1) is 14.4. The summed E-state index contributed by atoms with van der Waals surface area (Å²) in [6, 6.07) is 18.9. The molecule has 0 aromatic heterocycles. The molecule has 0 atom stereocenters. The summed E-state index contributed by atoms with van der Waals surface area (Å²) in [7, 11) is 1.57. The standard InChI is InChI=1S/C24H23NO5/c1-16(2)17-4-6-19(7-5-17)23(26)15-30-24-13-10-20(25(27)28)14-22(24)18-8-11-21(29-3)12-9-18/h4-14,16H,15H2,1-3H3. The molecular weight excluding hydrogens is 382 g/mol. The normalized spacial score (nSPS) is 10.7. The Kier molecular flexibility index (Phi) is 6.47. The third kappa shape index (κ3) is 4.84. The zero-order valence-corrected chi connectivity index (χ0v) is 17.1. The summed E-state index contributed by atoms with van der Waals surface area (Å²) in [6.45, 7) is 4.02. The average Bonchev–Trinajstić information content (AvgIpc) is 2.77. The van der Waals surface area contributed by atoms with Gasteiger partial charge in [-0.05, 0) is 35.2 Å². The molecule has 0 N–H and O–H groups in total. The quantitative estimate of drug-likeness (QED) is 0.275. The number of ketones is 1. The van der Waals surface area contributed by atoms with Crippen LogP contribution in [-0.2, 0) is 0 Å². The number of nitro benzene ring substituents is 1. The van der Waals surface area contributed by atoms with Crippen LogP contribution >= 0.6 is 0 Å². The van der Waals surface area contributed by atoms with Gasteiger partial charge < -0.3 is 9.47 Å². The molecule has 0 spiro atoms. The highest BCUT2D eigenvalue weighted by Gasteiger charge is 2.15. The number of carbonyl (C=O) groups excluding carboxylic acids is 1. The van der Waals surface area contributed by atoms with Crippen LogP contribution in [0.5, 0.6) is 11.5 Å². The molecule has 0 aliphatic rings. The number of rotatable bonds is 8. The van der Waals surface area contributed by atoms with Crippen molar-refractivity contribution in [2.24, 2.45) is 0 Å². The molecule has 30 heavy (non-hydrogen) atoms. The van der Waals surface area contributed by atoms with Crippen molar-refractivity contribution in [3.8, 4) is 22.6 Å². The van der Waals surface area contributed by atoms with Gasteiger partial charge in [0, 0.05) is 23.3 Å². The van der Waals surface area contributed by atoms with Crippen LogP contribution in [0.15, 0.2) is 66.7 Å². The summed E-state index contributed by atoms with van der Waals surface area (Å²) in [5.41, 5.74) is 2.93. The van der Waals surface area contributed by atoms with Crippen molar-refractivity contribution in [2.45, 2.75) is 19.8 Å². The minimum atomic E-state index is -0.460. The van der Waals surface area contributed by atoms with Gasteiger partial charge in [0.1, 0.15) is 11.5 Å². The molecule has 0 saturated heterocycles. The van der Waals surface area contributed by atoms with Gasteiger partial charge >= 0.3 is 0 Å². The lowest BCUT2D eigenvalue weighted by atomic mass is 10.0. The second kappa shape index (κ2) is 9.22. The number of ether oxygens (including phenoxy) is 2. The number of hydrogen-bond acceptors (Lipinski definition) is 5. The summed E-state index contributed by atoms with van der Waals surface area (Å²) in [6.07, 6.45) is 0. The van der Waals surface area contributed by atoms with Crippen molar-refractivity contribution >= 4 is 11.5 Å². The number of nitrogens with zero attached hydrogens (tertiary/aromatic N) is 1. The lowest BCUT2D eigenvalue weighted by molar-refractivity contribution is -0.384. The second-order valence-corrected chi connectivity index (χ2v) is 7.15. The fourth-order valence-electron chi connectivity index (χ4n) is 3.03. The molecule has 0 bridgehead atoms. The van der Waals surface area contributed by atoms with Crippen LogP contribution in [0.2, 0.25) is 0 Å². The first kappa shape index (κ1) is 21.0. The number of nitro groups is 1. The highest BCUT2D eigenvalue weighted by Crippen LogP contribution is 2.34. The predicted octanol–water partition coefficient (Wildman–Crippen LogP) is 5.66. The van der Waals surface area contributed by atoms with Gasteiger partial charge in [-0.1, -0.05) is 50.2 Å². The highest BCUT2D eigenvalue weighted by atomic mass is 16.6. The number of hydrogen-bond donors (Lipinski definition) is 0. The van der Waals surface area contributed by atoms with E-state index >= 15 is 0 Å². The fraction of sp³-hybridized carbons (Fsp3) is 0.208. The summed E-state index contributed by atoms with van der Waals surface area (Å²) in [5, 5.41) is 11.2. The predicted molar refractivity (Wildman–Crippen MR) is 115 cm³/mol. The van der Waals surface area contributed by atoms with Crippen LogP contribution in [0.4, 0.5) is 5.69 Å². The van der Waals surface area contributed by atoms with E-state index in [0.29, 0.717) is 28.5 Å². The van der Waals surface area contributed by atoms with E-state index in [1.54, 1.807) is 43.5 Å². The zero-order chi connectivity index (χ0) is 21.7. The number of non-ortho nitro benzene ring substituents is 1. The van der Waals surface area contributed by atoms with Crippen molar-refractivity contribution < 1.29 is 19.2 Å². The van der Waals surface area contributed by atoms with Crippen molar-refractivity contribution in [2.75, 3.05) is 13.7 Å². The van der Waals surface area contributed by atoms with Gasteiger partial charge in [0.2, 0.25) is 0 Å². The number of carbonyl (C=O) groups is 1. The first-order valence-corrected chi connectivity index (χ1v) is 9.58. The van der Waals surface area contributed by atoms with Crippen molar-refractivity contribution in [1.82, 2.24) is 0 Å². The Morgan fingerprint density at radius 1 is 1.00 bits per heavy atom. The van der Waals surface area contributed by atoms with Gasteiger partial charge in [-0.15, -0.1) is 0 Å². The van der Waals surface area contributed by atoms with Crippen molar-refractivity contribution in [3.63, 3.8) is 0 Å². The van der Waals surface area contributed by atoms with Gasteiger partial charge in [-0.25, -0.2) is 0 Å². The van der Waals surface area contributed by atoms with Crippen LogP contribution in [0, 0.1) is 10.1 Å². The minimum absolute atomic E-state index is 0.0521.